The van der Waals surface area contributed by atoms with Crippen LogP contribution in [0.15, 0.2) is 29.2 Å². The molecular formula is C16H22FNO2S. The van der Waals surface area contributed by atoms with Gasteiger partial charge in [0.05, 0.1) is 5.92 Å². The first-order chi connectivity index (χ1) is 10.1. The van der Waals surface area contributed by atoms with Crippen LogP contribution in [0.1, 0.15) is 25.7 Å². The normalized spacial score (nSPS) is 22.1. The van der Waals surface area contributed by atoms with Gasteiger partial charge in [0.2, 0.25) is 0 Å². The quantitative estimate of drug-likeness (QED) is 0.598. The lowest BCUT2D eigenvalue weighted by atomic mass is 9.82. The van der Waals surface area contributed by atoms with Gasteiger partial charge in [-0.15, -0.1) is 11.8 Å². The number of carbonyl (C=O) groups is 1. The number of hydrogen-bond acceptors (Lipinski definition) is 3. The SMILES string of the molecule is O=C(O)C1CCC(CNCCSc2ccc(F)cc2)CC1. The van der Waals surface area contributed by atoms with Crippen molar-refractivity contribution < 1.29 is 14.3 Å². The van der Waals surface area contributed by atoms with E-state index in [0.717, 1.165) is 49.4 Å². The van der Waals surface area contributed by atoms with E-state index in [1.807, 2.05) is 0 Å². The highest BCUT2D eigenvalue weighted by molar-refractivity contribution is 7.99. The van der Waals surface area contributed by atoms with Crippen LogP contribution in [0.5, 0.6) is 0 Å². The van der Waals surface area contributed by atoms with Crippen LogP contribution in [0.4, 0.5) is 4.39 Å². The van der Waals surface area contributed by atoms with Gasteiger partial charge in [0.25, 0.3) is 0 Å². The van der Waals surface area contributed by atoms with Gasteiger partial charge in [0.15, 0.2) is 0 Å². The Morgan fingerprint density at radius 1 is 1.24 bits per heavy atom. The Morgan fingerprint density at radius 2 is 1.90 bits per heavy atom. The molecule has 0 saturated heterocycles. The van der Waals surface area contributed by atoms with Crippen LogP contribution in [-0.4, -0.2) is 29.9 Å². The van der Waals surface area contributed by atoms with E-state index in [1.54, 1.807) is 23.9 Å². The van der Waals surface area contributed by atoms with Crippen LogP contribution >= 0.6 is 11.8 Å². The number of nitrogens with one attached hydrogen (secondary N) is 1. The Kier molecular flexibility index (Phi) is 6.51. The lowest BCUT2D eigenvalue weighted by Crippen LogP contribution is -2.29. The molecule has 2 N–H and O–H groups in total. The molecule has 1 aromatic carbocycles. The molecule has 116 valence electrons. The molecule has 0 heterocycles. The number of rotatable bonds is 7. The molecule has 0 bridgehead atoms. The zero-order valence-electron chi connectivity index (χ0n) is 12.1. The Hall–Kier alpha value is -1.07. The number of thioether (sulfide) groups is 1. The average molecular weight is 311 g/mol. The van der Waals surface area contributed by atoms with Crippen LogP contribution in [0.2, 0.25) is 0 Å². The molecule has 5 heteroatoms. The molecule has 3 nitrogen and oxygen atoms in total. The molecule has 0 atom stereocenters. The van der Waals surface area contributed by atoms with Gasteiger partial charge in [-0.25, -0.2) is 4.39 Å². The zero-order chi connectivity index (χ0) is 15.1. The largest absolute Gasteiger partial charge is 0.481 e. The summed E-state index contributed by atoms with van der Waals surface area (Å²) in [5.74, 6) is 0.592. The summed E-state index contributed by atoms with van der Waals surface area (Å²) in [7, 11) is 0. The van der Waals surface area contributed by atoms with Crippen molar-refractivity contribution in [2.24, 2.45) is 11.8 Å². The molecule has 0 aliphatic heterocycles. The summed E-state index contributed by atoms with van der Waals surface area (Å²) in [6, 6.07) is 6.56. The van der Waals surface area contributed by atoms with Crippen molar-refractivity contribution in [3.05, 3.63) is 30.1 Å². The first kappa shape index (κ1) is 16.3. The molecule has 1 saturated carbocycles. The summed E-state index contributed by atoms with van der Waals surface area (Å²) in [4.78, 5) is 12.0. The van der Waals surface area contributed by atoms with E-state index in [1.165, 1.54) is 12.1 Å². The second-order valence-corrected chi connectivity index (χ2v) is 6.73. The molecule has 2 rings (SSSR count). The fraction of sp³-hybridized carbons (Fsp3) is 0.562. The second-order valence-electron chi connectivity index (χ2n) is 5.56. The standard InChI is InChI=1S/C16H22FNO2S/c17-14-5-7-15(8-6-14)21-10-9-18-11-12-1-3-13(4-2-12)16(19)20/h5-8,12-13,18H,1-4,9-11H2,(H,19,20). The Morgan fingerprint density at radius 3 is 2.52 bits per heavy atom. The fourth-order valence-electron chi connectivity index (χ4n) is 2.69. The van der Waals surface area contributed by atoms with Gasteiger partial charge < -0.3 is 10.4 Å². The van der Waals surface area contributed by atoms with Crippen LogP contribution < -0.4 is 5.32 Å². The summed E-state index contributed by atoms with van der Waals surface area (Å²) < 4.78 is 12.8. The van der Waals surface area contributed by atoms with Crippen molar-refractivity contribution in [2.45, 2.75) is 30.6 Å². The third-order valence-electron chi connectivity index (χ3n) is 3.99. The van der Waals surface area contributed by atoms with Crippen molar-refractivity contribution >= 4 is 17.7 Å². The minimum absolute atomic E-state index is 0.129. The molecule has 0 radical (unpaired) electrons. The first-order valence-electron chi connectivity index (χ1n) is 7.47. The maximum atomic E-state index is 12.8. The summed E-state index contributed by atoms with van der Waals surface area (Å²) >= 11 is 1.71. The van der Waals surface area contributed by atoms with Gasteiger partial charge in [-0.3, -0.25) is 4.79 Å². The van der Waals surface area contributed by atoms with Gasteiger partial charge in [0.1, 0.15) is 5.82 Å². The highest BCUT2D eigenvalue weighted by atomic mass is 32.2. The summed E-state index contributed by atoms with van der Waals surface area (Å²) in [5, 5.41) is 12.4. The van der Waals surface area contributed by atoms with Gasteiger partial charge >= 0.3 is 5.97 Å². The van der Waals surface area contributed by atoms with Crippen molar-refractivity contribution in [2.75, 3.05) is 18.8 Å². The smallest absolute Gasteiger partial charge is 0.306 e. The molecule has 0 spiro atoms. The van der Waals surface area contributed by atoms with E-state index in [2.05, 4.69) is 5.32 Å². The van der Waals surface area contributed by atoms with Crippen molar-refractivity contribution in [1.29, 1.82) is 0 Å². The number of aliphatic carboxylic acids is 1. The lowest BCUT2D eigenvalue weighted by Gasteiger charge is -2.26. The van der Waals surface area contributed by atoms with E-state index in [9.17, 15) is 9.18 Å². The van der Waals surface area contributed by atoms with Crippen LogP contribution in [0, 0.1) is 17.7 Å². The zero-order valence-corrected chi connectivity index (χ0v) is 12.9. The number of hydrogen-bond donors (Lipinski definition) is 2. The summed E-state index contributed by atoms with van der Waals surface area (Å²) in [5.41, 5.74) is 0. The van der Waals surface area contributed by atoms with E-state index in [-0.39, 0.29) is 11.7 Å². The maximum Gasteiger partial charge on any atom is 0.306 e. The van der Waals surface area contributed by atoms with Crippen molar-refractivity contribution in [1.82, 2.24) is 5.32 Å². The van der Waals surface area contributed by atoms with Crippen LogP contribution in [0.3, 0.4) is 0 Å². The second kappa shape index (κ2) is 8.39. The molecule has 1 fully saturated rings. The van der Waals surface area contributed by atoms with Gasteiger partial charge in [-0.2, -0.15) is 0 Å². The molecule has 0 unspecified atom stereocenters. The molecule has 21 heavy (non-hydrogen) atoms. The van der Waals surface area contributed by atoms with Gasteiger partial charge in [0, 0.05) is 17.2 Å². The van der Waals surface area contributed by atoms with E-state index >= 15 is 0 Å². The van der Waals surface area contributed by atoms with Gasteiger partial charge in [-0.05, 0) is 62.4 Å². The number of carboxylic acids is 1. The predicted octanol–water partition coefficient (Wildman–Crippen LogP) is 3.40. The third kappa shape index (κ3) is 5.67. The number of halogens is 1. The molecule has 0 aromatic heterocycles. The molecule has 0 amide bonds. The highest BCUT2D eigenvalue weighted by Crippen LogP contribution is 2.28. The molecule has 1 aliphatic carbocycles. The topological polar surface area (TPSA) is 49.3 Å². The highest BCUT2D eigenvalue weighted by Gasteiger charge is 2.25. The number of benzene rings is 1. The minimum Gasteiger partial charge on any atom is -0.481 e. The predicted molar refractivity (Wildman–Crippen MR) is 83.1 cm³/mol. The third-order valence-corrected chi connectivity index (χ3v) is 5.00. The summed E-state index contributed by atoms with van der Waals surface area (Å²) in [6.45, 7) is 1.89. The molecule has 1 aliphatic rings. The van der Waals surface area contributed by atoms with Gasteiger partial charge in [-0.1, -0.05) is 0 Å². The maximum absolute atomic E-state index is 12.8. The first-order valence-corrected chi connectivity index (χ1v) is 8.45. The van der Waals surface area contributed by atoms with E-state index < -0.39 is 5.97 Å². The van der Waals surface area contributed by atoms with E-state index in [0.29, 0.717) is 5.92 Å². The fourth-order valence-corrected chi connectivity index (χ4v) is 3.50. The lowest BCUT2D eigenvalue weighted by molar-refractivity contribution is -0.143. The minimum atomic E-state index is -0.642. The van der Waals surface area contributed by atoms with E-state index in [4.69, 9.17) is 5.11 Å². The Bertz CT molecular complexity index is 444. The average Bonchev–Trinajstić information content (AvgIpc) is 2.49. The van der Waals surface area contributed by atoms with Crippen LogP contribution in [0.25, 0.3) is 0 Å². The van der Waals surface area contributed by atoms with Crippen molar-refractivity contribution in [3.63, 3.8) is 0 Å². The Balaban J connectivity index is 1.54. The van der Waals surface area contributed by atoms with Crippen LogP contribution in [-0.2, 0) is 4.79 Å². The summed E-state index contributed by atoms with van der Waals surface area (Å²) in [6.07, 6.45) is 3.64. The Labute approximate surface area is 129 Å². The monoisotopic (exact) mass is 311 g/mol. The number of carboxylic acid groups (broad SMARTS) is 1. The molecule has 1 aromatic rings. The molecular weight excluding hydrogens is 289 g/mol. The van der Waals surface area contributed by atoms with Crippen molar-refractivity contribution in [3.8, 4) is 0 Å².